The Hall–Kier alpha value is -1.49. The number of ketones is 1. The molecule has 5 heteroatoms. The molecular weight excluding hydrogens is 262 g/mol. The summed E-state index contributed by atoms with van der Waals surface area (Å²) in [5, 5.41) is 8.77. The number of carbonyl (C=O) groups is 2. The van der Waals surface area contributed by atoms with Gasteiger partial charge in [0.05, 0.1) is 5.69 Å². The third-order valence-electron chi connectivity index (χ3n) is 2.14. The maximum Gasteiger partial charge on any atom is 0.319 e. The van der Waals surface area contributed by atoms with Gasteiger partial charge in [-0.2, -0.15) is 0 Å². The maximum atomic E-state index is 11.7. The molecule has 1 aromatic carbocycles. The van der Waals surface area contributed by atoms with Crippen molar-refractivity contribution in [2.45, 2.75) is 0 Å². The highest BCUT2D eigenvalue weighted by atomic mass is 79.9. The Morgan fingerprint density at radius 2 is 2.20 bits per heavy atom. The zero-order valence-corrected chi connectivity index (χ0v) is 9.06. The van der Waals surface area contributed by atoms with Crippen molar-refractivity contribution < 1.29 is 14.7 Å². The van der Waals surface area contributed by atoms with E-state index < -0.39 is 17.7 Å². The second-order valence-electron chi connectivity index (χ2n) is 3.12. The van der Waals surface area contributed by atoms with E-state index in [-0.39, 0.29) is 0 Å². The van der Waals surface area contributed by atoms with Crippen molar-refractivity contribution in [3.8, 4) is 0 Å². The SMILES string of the molecule is O=C(O)[C@H]1C=Nc2cc(Br)ccc2C1=O. The first-order valence-corrected chi connectivity index (χ1v) is 4.99. The molecule has 1 atom stereocenters. The van der Waals surface area contributed by atoms with Crippen LogP contribution in [0.25, 0.3) is 0 Å². The molecule has 1 aliphatic heterocycles. The van der Waals surface area contributed by atoms with Gasteiger partial charge in [0.2, 0.25) is 0 Å². The number of fused-ring (bicyclic) bond motifs is 1. The summed E-state index contributed by atoms with van der Waals surface area (Å²) in [4.78, 5) is 26.4. The minimum absolute atomic E-state index is 0.355. The summed E-state index contributed by atoms with van der Waals surface area (Å²) >= 11 is 3.25. The molecule has 1 aromatic rings. The number of rotatable bonds is 1. The second kappa shape index (κ2) is 3.58. The quantitative estimate of drug-likeness (QED) is 0.792. The first-order valence-electron chi connectivity index (χ1n) is 4.20. The zero-order chi connectivity index (χ0) is 11.0. The van der Waals surface area contributed by atoms with Crippen LogP contribution in [0.2, 0.25) is 0 Å². The number of halogens is 1. The number of benzene rings is 1. The predicted molar refractivity (Wildman–Crippen MR) is 57.8 cm³/mol. The van der Waals surface area contributed by atoms with Crippen LogP contribution in [0.4, 0.5) is 5.69 Å². The molecule has 76 valence electrons. The Labute approximate surface area is 93.8 Å². The van der Waals surface area contributed by atoms with Crippen molar-refractivity contribution in [3.05, 3.63) is 28.2 Å². The number of Topliss-reactive ketones (excluding diaryl/α,β-unsaturated/α-hetero) is 1. The molecule has 1 N–H and O–H groups in total. The minimum atomic E-state index is -1.17. The average molecular weight is 268 g/mol. The van der Waals surface area contributed by atoms with Gasteiger partial charge in [0.15, 0.2) is 11.7 Å². The molecule has 0 bridgehead atoms. The highest BCUT2D eigenvalue weighted by molar-refractivity contribution is 9.10. The van der Waals surface area contributed by atoms with Crippen LogP contribution in [0, 0.1) is 5.92 Å². The number of aliphatic carboxylic acids is 1. The summed E-state index contributed by atoms with van der Waals surface area (Å²) in [6, 6.07) is 4.95. The van der Waals surface area contributed by atoms with Crippen LogP contribution in [-0.2, 0) is 4.79 Å². The van der Waals surface area contributed by atoms with Gasteiger partial charge < -0.3 is 5.11 Å². The van der Waals surface area contributed by atoms with Crippen LogP contribution >= 0.6 is 15.9 Å². The summed E-state index contributed by atoms with van der Waals surface area (Å²) in [5.74, 6) is -2.74. The van der Waals surface area contributed by atoms with E-state index >= 15 is 0 Å². The lowest BCUT2D eigenvalue weighted by atomic mass is 9.95. The third-order valence-corrected chi connectivity index (χ3v) is 2.63. The molecule has 0 fully saturated rings. The molecule has 0 unspecified atom stereocenters. The summed E-state index contributed by atoms with van der Waals surface area (Å²) in [6.07, 6.45) is 1.17. The number of aliphatic imine (C=N–C) groups is 1. The monoisotopic (exact) mass is 267 g/mol. The Morgan fingerprint density at radius 1 is 1.47 bits per heavy atom. The van der Waals surface area contributed by atoms with Crippen LogP contribution in [-0.4, -0.2) is 23.1 Å². The third kappa shape index (κ3) is 1.70. The van der Waals surface area contributed by atoms with Crippen molar-refractivity contribution in [2.24, 2.45) is 10.9 Å². The van der Waals surface area contributed by atoms with E-state index in [0.29, 0.717) is 11.3 Å². The molecule has 0 amide bonds. The molecule has 4 nitrogen and oxygen atoms in total. The Kier molecular flexibility index (Phi) is 2.40. The van der Waals surface area contributed by atoms with Crippen molar-refractivity contribution in [2.75, 3.05) is 0 Å². The van der Waals surface area contributed by atoms with Gasteiger partial charge in [-0.1, -0.05) is 15.9 Å². The lowest BCUT2D eigenvalue weighted by molar-refractivity contribution is -0.137. The number of carboxylic acids is 1. The van der Waals surface area contributed by atoms with Gasteiger partial charge in [-0.05, 0) is 18.2 Å². The smallest absolute Gasteiger partial charge is 0.319 e. The molecule has 0 saturated heterocycles. The highest BCUT2D eigenvalue weighted by Gasteiger charge is 2.30. The summed E-state index contributed by atoms with van der Waals surface area (Å²) < 4.78 is 0.806. The number of hydrogen-bond donors (Lipinski definition) is 1. The van der Waals surface area contributed by atoms with Crippen LogP contribution in [0.5, 0.6) is 0 Å². The first-order chi connectivity index (χ1) is 7.09. The fourth-order valence-corrected chi connectivity index (χ4v) is 1.73. The fraction of sp³-hybridized carbons (Fsp3) is 0.100. The normalized spacial score (nSPS) is 18.7. The van der Waals surface area contributed by atoms with E-state index in [0.717, 1.165) is 4.47 Å². The number of carboxylic acid groups (broad SMARTS) is 1. The van der Waals surface area contributed by atoms with Gasteiger partial charge in [0.1, 0.15) is 0 Å². The fourth-order valence-electron chi connectivity index (χ4n) is 1.39. The topological polar surface area (TPSA) is 66.7 Å². The van der Waals surface area contributed by atoms with Gasteiger partial charge in [-0.25, -0.2) is 0 Å². The van der Waals surface area contributed by atoms with Crippen molar-refractivity contribution >= 4 is 39.6 Å². The van der Waals surface area contributed by atoms with E-state index in [1.807, 2.05) is 0 Å². The summed E-state index contributed by atoms with van der Waals surface area (Å²) in [7, 11) is 0. The van der Waals surface area contributed by atoms with Crippen LogP contribution in [0.1, 0.15) is 10.4 Å². The average Bonchev–Trinajstić information content (AvgIpc) is 2.17. The van der Waals surface area contributed by atoms with E-state index in [2.05, 4.69) is 20.9 Å². The summed E-state index contributed by atoms with van der Waals surface area (Å²) in [5.41, 5.74) is 0.861. The standard InChI is InChI=1S/C10H6BrNO3/c11-5-1-2-6-8(3-5)12-4-7(9(6)13)10(14)15/h1-4,7H,(H,14,15)/t7-/m0/s1. The molecule has 2 rings (SSSR count). The molecule has 0 saturated carbocycles. The lowest BCUT2D eigenvalue weighted by Gasteiger charge is -2.13. The first kappa shape index (κ1) is 10.0. The van der Waals surface area contributed by atoms with Crippen molar-refractivity contribution in [1.29, 1.82) is 0 Å². The Balaban J connectivity index is 2.51. The largest absolute Gasteiger partial charge is 0.480 e. The molecule has 0 radical (unpaired) electrons. The van der Waals surface area contributed by atoms with Gasteiger partial charge in [0.25, 0.3) is 0 Å². The molecule has 0 aromatic heterocycles. The highest BCUT2D eigenvalue weighted by Crippen LogP contribution is 2.29. The van der Waals surface area contributed by atoms with Gasteiger partial charge >= 0.3 is 5.97 Å². The van der Waals surface area contributed by atoms with Crippen molar-refractivity contribution in [1.82, 2.24) is 0 Å². The Bertz CT molecular complexity index is 482. The minimum Gasteiger partial charge on any atom is -0.480 e. The van der Waals surface area contributed by atoms with E-state index in [1.54, 1.807) is 18.2 Å². The maximum absolute atomic E-state index is 11.7. The molecule has 0 aliphatic carbocycles. The molecule has 1 heterocycles. The van der Waals surface area contributed by atoms with E-state index in [4.69, 9.17) is 5.11 Å². The van der Waals surface area contributed by atoms with Crippen LogP contribution in [0.15, 0.2) is 27.7 Å². The Morgan fingerprint density at radius 3 is 2.87 bits per heavy atom. The zero-order valence-electron chi connectivity index (χ0n) is 7.48. The van der Waals surface area contributed by atoms with Gasteiger partial charge in [-0.15, -0.1) is 0 Å². The molecular formula is C10H6BrNO3. The number of nitrogens with zero attached hydrogens (tertiary/aromatic N) is 1. The van der Waals surface area contributed by atoms with E-state index in [1.165, 1.54) is 6.21 Å². The van der Waals surface area contributed by atoms with E-state index in [9.17, 15) is 9.59 Å². The number of hydrogen-bond acceptors (Lipinski definition) is 3. The predicted octanol–water partition coefficient (Wildman–Crippen LogP) is 2.05. The lowest BCUT2D eigenvalue weighted by Crippen LogP contribution is -2.27. The van der Waals surface area contributed by atoms with Gasteiger partial charge in [0, 0.05) is 16.3 Å². The van der Waals surface area contributed by atoms with Crippen molar-refractivity contribution in [3.63, 3.8) is 0 Å². The van der Waals surface area contributed by atoms with Crippen LogP contribution < -0.4 is 0 Å². The summed E-state index contributed by atoms with van der Waals surface area (Å²) in [6.45, 7) is 0. The second-order valence-corrected chi connectivity index (χ2v) is 4.04. The number of carbonyl (C=O) groups excluding carboxylic acids is 1. The van der Waals surface area contributed by atoms with Crippen LogP contribution in [0.3, 0.4) is 0 Å². The van der Waals surface area contributed by atoms with Gasteiger partial charge in [-0.3, -0.25) is 14.6 Å². The molecule has 1 aliphatic rings. The molecule has 0 spiro atoms. The molecule has 15 heavy (non-hydrogen) atoms.